The molecule has 0 radical (unpaired) electrons. The average Bonchev–Trinajstić information content (AvgIpc) is 3.33. The fourth-order valence-electron chi connectivity index (χ4n) is 8.38. The molecule has 1 fully saturated rings. The SMILES string of the molecule is CCCCCc1ccc(-c2ccc(CCCCCC(=O)OC[C@@H](CO[C@H]3O[C@H](CS(=O)(=O)[O-])[C@@H](O)[C@H](O)[C@H]3O)OC(=O)CCCCCc3ccc(-c4ccc(CCCCC)cc4)cc3)cc2)cc1. The van der Waals surface area contributed by atoms with Crippen LogP contribution in [0.5, 0.6) is 0 Å². The molecule has 3 N–H and O–H groups in total. The Morgan fingerprint density at radius 2 is 0.941 bits per heavy atom. The number of aliphatic hydroxyl groups is 3. The van der Waals surface area contributed by atoms with Crippen LogP contribution in [0.25, 0.3) is 22.3 Å². The van der Waals surface area contributed by atoms with E-state index in [9.17, 15) is 37.9 Å². The molecule has 4 aromatic carbocycles. The molecule has 0 unspecified atom stereocenters. The van der Waals surface area contributed by atoms with E-state index in [4.69, 9.17) is 18.9 Å². The van der Waals surface area contributed by atoms with E-state index < -0.39 is 71.2 Å². The number of carbonyl (C=O) groups excluding carboxylic acids is 2. The minimum absolute atomic E-state index is 0.0870. The van der Waals surface area contributed by atoms with Gasteiger partial charge in [-0.05, 0) is 109 Å². The number of esters is 2. The highest BCUT2D eigenvalue weighted by molar-refractivity contribution is 7.85. The van der Waals surface area contributed by atoms with Crippen molar-refractivity contribution >= 4 is 22.1 Å². The maximum absolute atomic E-state index is 13.0. The van der Waals surface area contributed by atoms with E-state index in [0.717, 1.165) is 56.9 Å². The van der Waals surface area contributed by atoms with E-state index in [2.05, 4.69) is 111 Å². The molecule has 0 aromatic heterocycles. The largest absolute Gasteiger partial charge is 0.748 e. The Hall–Kier alpha value is -4.47. The number of carbonyl (C=O) groups is 2. The summed E-state index contributed by atoms with van der Waals surface area (Å²) in [5.41, 5.74) is 9.85. The van der Waals surface area contributed by atoms with Crippen molar-refractivity contribution in [2.24, 2.45) is 0 Å². The second-order valence-corrected chi connectivity index (χ2v) is 19.6. The van der Waals surface area contributed by atoms with Gasteiger partial charge in [0.05, 0.1) is 22.5 Å². The highest BCUT2D eigenvalue weighted by atomic mass is 32.2. The number of aryl methyl sites for hydroxylation is 4. The van der Waals surface area contributed by atoms with Gasteiger partial charge >= 0.3 is 11.9 Å². The van der Waals surface area contributed by atoms with Crippen molar-refractivity contribution < 1.29 is 56.8 Å². The lowest BCUT2D eigenvalue weighted by atomic mass is 9.99. The van der Waals surface area contributed by atoms with Crippen LogP contribution in [0, 0.1) is 0 Å². The zero-order chi connectivity index (χ0) is 48.7. The molecule has 0 bridgehead atoms. The Labute approximate surface area is 404 Å². The first kappa shape index (κ1) is 54.5. The molecule has 1 saturated heterocycles. The molecule has 0 amide bonds. The summed E-state index contributed by atoms with van der Waals surface area (Å²) in [6.45, 7) is 3.59. The summed E-state index contributed by atoms with van der Waals surface area (Å²) in [4.78, 5) is 25.9. The van der Waals surface area contributed by atoms with Gasteiger partial charge in [0, 0.05) is 12.8 Å². The molecule has 68 heavy (non-hydrogen) atoms. The van der Waals surface area contributed by atoms with Crippen molar-refractivity contribution in [3.63, 3.8) is 0 Å². The van der Waals surface area contributed by atoms with Crippen molar-refractivity contribution in [3.05, 3.63) is 119 Å². The summed E-state index contributed by atoms with van der Waals surface area (Å²) >= 11 is 0. The molecule has 6 atom stereocenters. The standard InChI is InChI=1S/C55H74O12S/c1-3-5-9-15-40-21-29-44(30-22-40)46-33-25-42(26-34-46)17-11-7-13-19-50(56)64-37-48(38-65-55-54(60)53(59)52(58)49(67-55)39-68(61,62)63)66-51(57)20-14-8-12-18-43-27-35-47(36-28-43)45-31-23-41(24-32-45)16-10-6-4-2/h21-36,48-49,52-55,58-60H,3-20,37-39H2,1-2H3,(H,61,62,63)/p-1/t48-,49+,52+,53-,54+,55-/m0/s1. The van der Waals surface area contributed by atoms with E-state index in [1.165, 1.54) is 77.5 Å². The fourth-order valence-corrected chi connectivity index (χ4v) is 9.06. The first-order valence-electron chi connectivity index (χ1n) is 24.8. The van der Waals surface area contributed by atoms with Gasteiger partial charge in [-0.15, -0.1) is 0 Å². The van der Waals surface area contributed by atoms with Crippen LogP contribution in [0.3, 0.4) is 0 Å². The Morgan fingerprint density at radius 1 is 0.544 bits per heavy atom. The molecule has 372 valence electrons. The Balaban J connectivity index is 1.05. The molecular formula is C55H73O12S-. The van der Waals surface area contributed by atoms with E-state index in [0.29, 0.717) is 12.8 Å². The Morgan fingerprint density at radius 3 is 1.34 bits per heavy atom. The summed E-state index contributed by atoms with van der Waals surface area (Å²) in [5, 5.41) is 31.1. The number of benzene rings is 4. The number of rotatable bonds is 30. The number of unbranched alkanes of at least 4 members (excludes halogenated alkanes) is 8. The molecule has 4 aromatic rings. The summed E-state index contributed by atoms with van der Waals surface area (Å²) in [6.07, 6.45) is 5.81. The van der Waals surface area contributed by atoms with Gasteiger partial charge in [0.1, 0.15) is 31.0 Å². The van der Waals surface area contributed by atoms with Gasteiger partial charge in [0.2, 0.25) is 0 Å². The Bertz CT molecular complexity index is 2180. The lowest BCUT2D eigenvalue weighted by molar-refractivity contribution is -0.297. The van der Waals surface area contributed by atoms with E-state index in [1.54, 1.807) is 0 Å². The topological polar surface area (TPSA) is 189 Å². The van der Waals surface area contributed by atoms with Crippen LogP contribution in [-0.4, -0.2) is 96.0 Å². The van der Waals surface area contributed by atoms with Crippen LogP contribution in [0.1, 0.15) is 126 Å². The molecule has 1 heterocycles. The maximum Gasteiger partial charge on any atom is 0.306 e. The predicted molar refractivity (Wildman–Crippen MR) is 263 cm³/mol. The third-order valence-corrected chi connectivity index (χ3v) is 13.3. The van der Waals surface area contributed by atoms with E-state index in [1.807, 2.05) is 0 Å². The molecular weight excluding hydrogens is 885 g/mol. The van der Waals surface area contributed by atoms with E-state index in [-0.39, 0.29) is 19.4 Å². The average molecular weight is 958 g/mol. The van der Waals surface area contributed by atoms with Gasteiger partial charge in [-0.1, -0.05) is 149 Å². The van der Waals surface area contributed by atoms with Crippen molar-refractivity contribution in [1.82, 2.24) is 0 Å². The van der Waals surface area contributed by atoms with Crippen molar-refractivity contribution in [2.75, 3.05) is 19.0 Å². The normalized spacial score (nSPS) is 18.8. The van der Waals surface area contributed by atoms with Gasteiger partial charge in [0.15, 0.2) is 12.4 Å². The van der Waals surface area contributed by atoms with Crippen LogP contribution in [0.15, 0.2) is 97.1 Å². The summed E-state index contributed by atoms with van der Waals surface area (Å²) in [6, 6.07) is 34.7. The zero-order valence-corrected chi connectivity index (χ0v) is 40.8. The molecule has 5 rings (SSSR count). The molecule has 0 saturated carbocycles. The van der Waals surface area contributed by atoms with Crippen molar-refractivity contribution in [1.29, 1.82) is 0 Å². The van der Waals surface area contributed by atoms with Crippen molar-refractivity contribution in [2.45, 2.75) is 166 Å². The maximum atomic E-state index is 13.0. The highest BCUT2D eigenvalue weighted by Crippen LogP contribution is 2.26. The molecule has 0 spiro atoms. The van der Waals surface area contributed by atoms with Crippen LogP contribution >= 0.6 is 0 Å². The van der Waals surface area contributed by atoms with Gasteiger partial charge in [-0.2, -0.15) is 0 Å². The van der Waals surface area contributed by atoms with Crippen LogP contribution in [0.2, 0.25) is 0 Å². The summed E-state index contributed by atoms with van der Waals surface area (Å²) in [5.74, 6) is -2.23. The van der Waals surface area contributed by atoms with Crippen LogP contribution in [0.4, 0.5) is 0 Å². The summed E-state index contributed by atoms with van der Waals surface area (Å²) < 4.78 is 56.3. The first-order chi connectivity index (χ1) is 32.8. The van der Waals surface area contributed by atoms with Gasteiger partial charge in [-0.3, -0.25) is 9.59 Å². The smallest absolute Gasteiger partial charge is 0.306 e. The minimum Gasteiger partial charge on any atom is -0.748 e. The second-order valence-electron chi connectivity index (χ2n) is 18.2. The van der Waals surface area contributed by atoms with Gasteiger partial charge < -0.3 is 38.8 Å². The van der Waals surface area contributed by atoms with Crippen molar-refractivity contribution in [3.8, 4) is 22.3 Å². The molecule has 1 aliphatic heterocycles. The van der Waals surface area contributed by atoms with Gasteiger partial charge in [0.25, 0.3) is 0 Å². The lowest BCUT2D eigenvalue weighted by Gasteiger charge is -2.40. The van der Waals surface area contributed by atoms with Crippen LogP contribution < -0.4 is 0 Å². The van der Waals surface area contributed by atoms with Crippen LogP contribution in [-0.2, 0) is 64.3 Å². The highest BCUT2D eigenvalue weighted by Gasteiger charge is 2.45. The number of hydrogen-bond acceptors (Lipinski definition) is 12. The number of hydrogen-bond donors (Lipinski definition) is 3. The second kappa shape index (κ2) is 28.9. The molecule has 1 aliphatic rings. The zero-order valence-electron chi connectivity index (χ0n) is 40.0. The number of ether oxygens (including phenoxy) is 4. The third-order valence-electron chi connectivity index (χ3n) is 12.5. The monoisotopic (exact) mass is 957 g/mol. The molecule has 12 nitrogen and oxygen atoms in total. The fraction of sp³-hybridized carbons (Fsp3) is 0.527. The summed E-state index contributed by atoms with van der Waals surface area (Å²) in [7, 11) is -4.88. The predicted octanol–water partition coefficient (Wildman–Crippen LogP) is 9.22. The van der Waals surface area contributed by atoms with Gasteiger partial charge in [-0.25, -0.2) is 8.42 Å². The molecule has 0 aliphatic carbocycles. The molecule has 13 heteroatoms. The first-order valence-corrected chi connectivity index (χ1v) is 26.4. The van der Waals surface area contributed by atoms with E-state index >= 15 is 0 Å². The lowest BCUT2D eigenvalue weighted by Crippen LogP contribution is -2.60. The number of aliphatic hydroxyl groups excluding tert-OH is 3. The minimum atomic E-state index is -4.88. The quantitative estimate of drug-likeness (QED) is 0.0256. The third kappa shape index (κ3) is 19.1. The Kier molecular flexibility index (Phi) is 23.1.